The zero-order chi connectivity index (χ0) is 63.4. The van der Waals surface area contributed by atoms with Gasteiger partial charge in [0.1, 0.15) is 189 Å². The molecule has 22 aliphatic rings. The SMILES string of the molecule is C[C@@H]1O[C@@H](OC[C@H]2O[C@@H]3O[C@H]4[C@H](O)[C@@H](O)[C@@H](O[C@H]5[C@H](O)[C@@H](O)[C@@H](O[C@H]6[C@H](O)[C@@H](O)[C@@H](O[C@H]7[C@H](O)[C@@H](O)[C@@H](O[C@H]8[C@H](O)[C@@H](O)[C@@H](O[C@H]9[C@H](O)[C@@H](O)[C@@H](O[C@H]2[C@H](O)[C@H]3O)O[C@@H]9CO)O[C@@H]8CO)O[C@@H]7CO)O[C@@H]6CO)O[C@@H]5CO)O[C@@H]4CO)[C@@H](O)[C@H](O)[C@@H]1O. The van der Waals surface area contributed by atoms with Gasteiger partial charge < -0.3 is 193 Å². The highest BCUT2D eigenvalue weighted by atomic mass is 16.8. The maximum Gasteiger partial charge on any atom is 0.187 e. The van der Waals surface area contributed by atoms with E-state index >= 15 is 0 Å². The molecule has 0 radical (unpaired) electrons. The summed E-state index contributed by atoms with van der Waals surface area (Å²) in [7, 11) is 0. The van der Waals surface area contributed by atoms with Crippen molar-refractivity contribution in [3.05, 3.63) is 0 Å². The summed E-state index contributed by atoms with van der Waals surface area (Å²) in [4.78, 5) is 0. The molecule has 0 aliphatic carbocycles. The van der Waals surface area contributed by atoms with E-state index in [-0.39, 0.29) is 0 Å². The summed E-state index contributed by atoms with van der Waals surface area (Å²) in [5.41, 5.74) is 0. The fraction of sp³-hybridized carbons (Fsp3) is 1.00. The zero-order valence-electron chi connectivity index (χ0n) is 45.9. The molecule has 0 aromatic rings. The van der Waals surface area contributed by atoms with Gasteiger partial charge in [-0.15, -0.1) is 0 Å². The Bertz CT molecular complexity index is 2120. The standard InChI is InChI=1S/C48H80O39/c1-9-17(55)18(56)26(64)41(73-9)72-8-16-40-25(63)33(71)48(80-16)86-39-15(7-54)78-46(31(69)23(39)61)84-37-13(5-52)76-44(29(67)21(37)59)82-35-11(3-50)74-42(27(65)19(35)57)81-34-10(2-49)75-43(28(66)20(34)58)83-36-12(4-51)77-45(30(68)22(36)60)85-38-14(6-53)79-47(87-40)32(70)24(38)62/h9-71H,2-8H2,1H3/t9-,10+,11+,12+,13+,14+,15+,16+,17+,18+,19+,20+,21+,22+,23+,24+,25+,26-,27+,28+,29+,30+,31+,32+,33+,34+,35+,36+,37+,38+,39+,40+,41+,42+,43+,44+,45+,46+,47+,48+/m0/s1. The minimum absolute atomic E-state index is 0.911. The Morgan fingerprint density at radius 2 is 0.414 bits per heavy atom. The number of rotatable bonds is 9. The van der Waals surface area contributed by atoms with Gasteiger partial charge in [0.15, 0.2) is 50.3 Å². The molecule has 0 amide bonds. The first-order valence-corrected chi connectivity index (χ1v) is 28.0. The first-order valence-electron chi connectivity index (χ1n) is 28.0. The molecule has 39 heteroatoms. The predicted molar refractivity (Wildman–Crippen MR) is 260 cm³/mol. The molecule has 40 atom stereocenters. The van der Waals surface area contributed by atoms with Gasteiger partial charge in [-0.3, -0.25) is 0 Å². The maximum absolute atomic E-state index is 11.8. The Labute approximate surface area is 491 Å². The second-order valence-corrected chi connectivity index (χ2v) is 22.5. The lowest BCUT2D eigenvalue weighted by atomic mass is 9.95. The molecular weight excluding hydrogens is 1200 g/mol. The highest BCUT2D eigenvalue weighted by Crippen LogP contribution is 2.39. The van der Waals surface area contributed by atoms with E-state index in [1.807, 2.05) is 0 Å². The molecule has 87 heavy (non-hydrogen) atoms. The summed E-state index contributed by atoms with van der Waals surface area (Å²) in [6, 6.07) is 0. The van der Waals surface area contributed by atoms with Crippen LogP contribution in [-0.2, 0) is 75.8 Å². The highest BCUT2D eigenvalue weighted by Gasteiger charge is 2.60. The Hall–Kier alpha value is -1.56. The van der Waals surface area contributed by atoms with Crippen LogP contribution in [0.4, 0.5) is 0 Å². The van der Waals surface area contributed by atoms with Crippen LogP contribution < -0.4 is 0 Å². The smallest absolute Gasteiger partial charge is 0.187 e. The summed E-state index contributed by atoms with van der Waals surface area (Å²) in [6.07, 6.45) is -80.8. The van der Waals surface area contributed by atoms with E-state index in [0.717, 1.165) is 0 Å². The third-order valence-electron chi connectivity index (χ3n) is 16.8. The molecule has 22 heterocycles. The topological polar surface area (TPSA) is 613 Å². The number of ether oxygens (including phenoxy) is 16. The van der Waals surface area contributed by atoms with Crippen molar-refractivity contribution in [1.29, 1.82) is 0 Å². The maximum atomic E-state index is 11.8. The normalized spacial score (nSPS) is 55.7. The van der Waals surface area contributed by atoms with Crippen LogP contribution in [0.15, 0.2) is 0 Å². The molecule has 14 bridgehead atoms. The lowest BCUT2D eigenvalue weighted by Crippen LogP contribution is -2.68. The lowest BCUT2D eigenvalue weighted by molar-refractivity contribution is -0.399. The van der Waals surface area contributed by atoms with E-state index in [1.54, 1.807) is 0 Å². The molecule has 22 rings (SSSR count). The quantitative estimate of drug-likeness (QED) is 0.102. The van der Waals surface area contributed by atoms with E-state index in [2.05, 4.69) is 0 Å². The predicted octanol–water partition coefficient (Wildman–Crippen LogP) is -16.4. The van der Waals surface area contributed by atoms with Crippen molar-refractivity contribution < 1.29 is 193 Å². The van der Waals surface area contributed by atoms with Gasteiger partial charge >= 0.3 is 0 Å². The van der Waals surface area contributed by atoms with Gasteiger partial charge in [-0.05, 0) is 6.92 Å². The van der Waals surface area contributed by atoms with Crippen LogP contribution in [0.2, 0.25) is 0 Å². The third-order valence-corrected chi connectivity index (χ3v) is 16.8. The van der Waals surface area contributed by atoms with Gasteiger partial charge in [0.25, 0.3) is 0 Å². The van der Waals surface area contributed by atoms with Gasteiger partial charge in [-0.2, -0.15) is 0 Å². The van der Waals surface area contributed by atoms with E-state index in [1.165, 1.54) is 6.92 Å². The lowest BCUT2D eigenvalue weighted by Gasteiger charge is -2.50. The Morgan fingerprint density at radius 3 is 0.621 bits per heavy atom. The van der Waals surface area contributed by atoms with Crippen molar-refractivity contribution >= 4 is 0 Å². The van der Waals surface area contributed by atoms with Crippen molar-refractivity contribution in [2.75, 3.05) is 46.2 Å². The first-order chi connectivity index (χ1) is 41.3. The molecule has 22 fully saturated rings. The fourth-order valence-electron chi connectivity index (χ4n) is 11.7. The second-order valence-electron chi connectivity index (χ2n) is 22.5. The first kappa shape index (κ1) is 69.8. The average Bonchev–Trinajstić information content (AvgIpc) is 3.70. The minimum atomic E-state index is -2.32. The van der Waals surface area contributed by atoms with E-state index < -0.39 is 292 Å². The van der Waals surface area contributed by atoms with E-state index in [4.69, 9.17) is 75.8 Å². The zero-order valence-corrected chi connectivity index (χ0v) is 45.9. The molecule has 0 spiro atoms. The summed E-state index contributed by atoms with van der Waals surface area (Å²) < 4.78 is 91.9. The number of aliphatic hydroxyl groups excluding tert-OH is 23. The molecule has 22 saturated heterocycles. The van der Waals surface area contributed by atoms with Gasteiger partial charge in [0.05, 0.1) is 52.4 Å². The Balaban J connectivity index is 1.02. The Morgan fingerprint density at radius 1 is 0.218 bits per heavy atom. The van der Waals surface area contributed by atoms with E-state index in [9.17, 15) is 117 Å². The van der Waals surface area contributed by atoms with Crippen molar-refractivity contribution in [2.24, 2.45) is 0 Å². The van der Waals surface area contributed by atoms with Crippen molar-refractivity contribution in [2.45, 2.75) is 253 Å². The average molecular weight is 1280 g/mol. The minimum Gasteiger partial charge on any atom is -0.394 e. The van der Waals surface area contributed by atoms with Crippen LogP contribution in [0.25, 0.3) is 0 Å². The van der Waals surface area contributed by atoms with Gasteiger partial charge in [0.2, 0.25) is 0 Å². The molecule has 0 aromatic carbocycles. The summed E-state index contributed by atoms with van der Waals surface area (Å²) in [5, 5.41) is 255. The van der Waals surface area contributed by atoms with Crippen molar-refractivity contribution in [3.63, 3.8) is 0 Å². The van der Waals surface area contributed by atoms with Gasteiger partial charge in [-0.1, -0.05) is 0 Å². The molecule has 0 saturated carbocycles. The van der Waals surface area contributed by atoms with Crippen LogP contribution in [-0.4, -0.2) is 409 Å². The van der Waals surface area contributed by atoms with Crippen LogP contribution >= 0.6 is 0 Å². The third kappa shape index (κ3) is 13.9. The van der Waals surface area contributed by atoms with E-state index in [0.29, 0.717) is 0 Å². The van der Waals surface area contributed by atoms with Crippen molar-refractivity contribution in [3.8, 4) is 0 Å². The molecule has 0 unspecified atom stereocenters. The monoisotopic (exact) mass is 1280 g/mol. The number of hydrogen-bond acceptors (Lipinski definition) is 39. The van der Waals surface area contributed by atoms with Gasteiger partial charge in [-0.25, -0.2) is 0 Å². The molecular formula is C48H80O39. The number of hydrogen-bond donors (Lipinski definition) is 23. The van der Waals surface area contributed by atoms with Gasteiger partial charge in [0, 0.05) is 0 Å². The fourth-order valence-corrected chi connectivity index (χ4v) is 11.7. The Kier molecular flexibility index (Phi) is 23.6. The molecule has 39 nitrogen and oxygen atoms in total. The summed E-state index contributed by atoms with van der Waals surface area (Å²) >= 11 is 0. The molecule has 0 aromatic heterocycles. The second kappa shape index (κ2) is 29.4. The van der Waals surface area contributed by atoms with Crippen LogP contribution in [0, 0.1) is 0 Å². The summed E-state index contributed by atoms with van der Waals surface area (Å²) in [5.74, 6) is 0. The number of aliphatic hydroxyl groups is 23. The van der Waals surface area contributed by atoms with Crippen molar-refractivity contribution in [1.82, 2.24) is 0 Å². The largest absolute Gasteiger partial charge is 0.394 e. The highest BCUT2D eigenvalue weighted by molar-refractivity contribution is 5.02. The molecule has 22 aliphatic heterocycles. The summed E-state index contributed by atoms with van der Waals surface area (Å²) in [6.45, 7) is -6.12. The van der Waals surface area contributed by atoms with Crippen LogP contribution in [0.5, 0.6) is 0 Å². The molecule has 23 N–H and O–H groups in total. The van der Waals surface area contributed by atoms with Crippen LogP contribution in [0.1, 0.15) is 6.92 Å². The molecule has 506 valence electrons. The van der Waals surface area contributed by atoms with Crippen LogP contribution in [0.3, 0.4) is 0 Å².